The standard InChI is InChI=1S/C10H10F2N2O/c1-5-4-6(5)10(15)13-7-2-3-8(11)14-9(7)12/h2-3,5-6H,4H2,1H3,(H,13,15). The van der Waals surface area contributed by atoms with Gasteiger partial charge in [0.2, 0.25) is 17.8 Å². The molecule has 0 aliphatic heterocycles. The van der Waals surface area contributed by atoms with Gasteiger partial charge in [0.15, 0.2) is 0 Å². The smallest absolute Gasteiger partial charge is 0.239 e. The van der Waals surface area contributed by atoms with E-state index >= 15 is 0 Å². The minimum atomic E-state index is -0.989. The number of aromatic nitrogens is 1. The third-order valence-corrected chi connectivity index (χ3v) is 2.52. The molecule has 1 N–H and O–H groups in total. The summed E-state index contributed by atoms with van der Waals surface area (Å²) in [6.45, 7) is 1.95. The van der Waals surface area contributed by atoms with Crippen molar-refractivity contribution in [2.75, 3.05) is 5.32 Å². The maximum atomic E-state index is 13.0. The molecule has 1 aliphatic rings. The van der Waals surface area contributed by atoms with Crippen LogP contribution in [0.15, 0.2) is 12.1 Å². The highest BCUT2D eigenvalue weighted by Crippen LogP contribution is 2.38. The Balaban J connectivity index is 2.07. The van der Waals surface area contributed by atoms with Crippen LogP contribution in [0.4, 0.5) is 14.5 Å². The van der Waals surface area contributed by atoms with Crippen LogP contribution in [0.25, 0.3) is 0 Å². The average molecular weight is 212 g/mol. The molecule has 3 nitrogen and oxygen atoms in total. The molecule has 1 aromatic rings. The molecule has 1 heterocycles. The molecule has 15 heavy (non-hydrogen) atoms. The average Bonchev–Trinajstić information content (AvgIpc) is 2.88. The molecular weight excluding hydrogens is 202 g/mol. The first-order chi connectivity index (χ1) is 7.08. The van der Waals surface area contributed by atoms with E-state index in [0.29, 0.717) is 5.92 Å². The molecular formula is C10H10F2N2O. The van der Waals surface area contributed by atoms with Crippen LogP contribution >= 0.6 is 0 Å². The number of rotatable bonds is 2. The van der Waals surface area contributed by atoms with Crippen molar-refractivity contribution >= 4 is 11.6 Å². The van der Waals surface area contributed by atoms with Crippen LogP contribution in [0.3, 0.4) is 0 Å². The second-order valence-corrected chi connectivity index (χ2v) is 3.78. The number of nitrogens with one attached hydrogen (secondary N) is 1. The molecule has 1 amide bonds. The van der Waals surface area contributed by atoms with Gasteiger partial charge in [0, 0.05) is 5.92 Å². The van der Waals surface area contributed by atoms with E-state index in [-0.39, 0.29) is 17.5 Å². The molecule has 0 radical (unpaired) electrons. The summed E-state index contributed by atoms with van der Waals surface area (Å²) in [7, 11) is 0. The second kappa shape index (κ2) is 3.56. The lowest BCUT2D eigenvalue weighted by atomic mass is 10.3. The van der Waals surface area contributed by atoms with E-state index in [1.165, 1.54) is 6.07 Å². The number of hydrogen-bond acceptors (Lipinski definition) is 2. The van der Waals surface area contributed by atoms with Crippen LogP contribution in [-0.2, 0) is 4.79 Å². The van der Waals surface area contributed by atoms with Gasteiger partial charge in [-0.1, -0.05) is 6.92 Å². The van der Waals surface area contributed by atoms with Gasteiger partial charge in [0.05, 0.1) is 5.69 Å². The van der Waals surface area contributed by atoms with E-state index < -0.39 is 11.9 Å². The molecule has 2 rings (SSSR count). The van der Waals surface area contributed by atoms with Crippen LogP contribution in [0.1, 0.15) is 13.3 Å². The predicted molar refractivity (Wildman–Crippen MR) is 50.1 cm³/mol. The Morgan fingerprint density at radius 1 is 1.53 bits per heavy atom. The molecule has 2 atom stereocenters. The Bertz CT molecular complexity index is 408. The van der Waals surface area contributed by atoms with Crippen molar-refractivity contribution in [2.24, 2.45) is 11.8 Å². The molecule has 0 aromatic carbocycles. The molecule has 5 heteroatoms. The largest absolute Gasteiger partial charge is 0.322 e. The maximum Gasteiger partial charge on any atom is 0.239 e. The Kier molecular flexibility index (Phi) is 2.38. The third-order valence-electron chi connectivity index (χ3n) is 2.52. The molecule has 0 spiro atoms. The van der Waals surface area contributed by atoms with Gasteiger partial charge < -0.3 is 5.32 Å². The highest BCUT2D eigenvalue weighted by atomic mass is 19.1. The topological polar surface area (TPSA) is 42.0 Å². The summed E-state index contributed by atoms with van der Waals surface area (Å²) in [5.41, 5.74) is -0.0690. The van der Waals surface area contributed by atoms with Gasteiger partial charge in [-0.3, -0.25) is 4.79 Å². The van der Waals surface area contributed by atoms with Gasteiger partial charge in [-0.05, 0) is 24.5 Å². The van der Waals surface area contributed by atoms with E-state index in [1.54, 1.807) is 0 Å². The van der Waals surface area contributed by atoms with Crippen molar-refractivity contribution in [3.05, 3.63) is 24.0 Å². The quantitative estimate of drug-likeness (QED) is 0.761. The van der Waals surface area contributed by atoms with Crippen LogP contribution in [-0.4, -0.2) is 10.9 Å². The fourth-order valence-corrected chi connectivity index (χ4v) is 1.42. The van der Waals surface area contributed by atoms with Crippen molar-refractivity contribution in [3.8, 4) is 0 Å². The molecule has 80 valence electrons. The van der Waals surface area contributed by atoms with Gasteiger partial charge in [-0.15, -0.1) is 0 Å². The SMILES string of the molecule is CC1CC1C(=O)Nc1ccc(F)nc1F. The van der Waals surface area contributed by atoms with Gasteiger partial charge in [0.1, 0.15) is 0 Å². The molecule has 1 aromatic heterocycles. The van der Waals surface area contributed by atoms with Gasteiger partial charge in [-0.2, -0.15) is 13.8 Å². The second-order valence-electron chi connectivity index (χ2n) is 3.78. The van der Waals surface area contributed by atoms with Crippen LogP contribution in [0, 0.1) is 23.7 Å². The summed E-state index contributed by atoms with van der Waals surface area (Å²) in [5, 5.41) is 2.39. The van der Waals surface area contributed by atoms with Crippen LogP contribution in [0.5, 0.6) is 0 Å². The number of carbonyl (C=O) groups excluding carboxylic acids is 1. The first-order valence-corrected chi connectivity index (χ1v) is 4.71. The molecule has 1 aliphatic carbocycles. The first kappa shape index (κ1) is 10.0. The first-order valence-electron chi connectivity index (χ1n) is 4.71. The minimum Gasteiger partial charge on any atom is -0.322 e. The Morgan fingerprint density at radius 2 is 2.20 bits per heavy atom. The number of nitrogens with zero attached hydrogens (tertiary/aromatic N) is 1. The van der Waals surface area contributed by atoms with Crippen molar-refractivity contribution < 1.29 is 13.6 Å². The van der Waals surface area contributed by atoms with Crippen molar-refractivity contribution in [2.45, 2.75) is 13.3 Å². The summed E-state index contributed by atoms with van der Waals surface area (Å²) < 4.78 is 25.5. The predicted octanol–water partition coefficient (Wildman–Crippen LogP) is 1.95. The number of hydrogen-bond donors (Lipinski definition) is 1. The van der Waals surface area contributed by atoms with Crippen LogP contribution in [0.2, 0.25) is 0 Å². The molecule has 2 unspecified atom stereocenters. The maximum absolute atomic E-state index is 13.0. The molecule has 0 saturated heterocycles. The lowest BCUT2D eigenvalue weighted by molar-refractivity contribution is -0.117. The van der Waals surface area contributed by atoms with E-state index in [4.69, 9.17) is 0 Å². The van der Waals surface area contributed by atoms with Crippen molar-refractivity contribution in [1.82, 2.24) is 4.98 Å². The van der Waals surface area contributed by atoms with E-state index in [1.807, 2.05) is 6.92 Å². The molecule has 1 saturated carbocycles. The zero-order chi connectivity index (χ0) is 11.0. The van der Waals surface area contributed by atoms with E-state index in [0.717, 1.165) is 12.5 Å². The number of carbonyl (C=O) groups is 1. The summed E-state index contributed by atoms with van der Waals surface area (Å²) in [6.07, 6.45) is 0.822. The zero-order valence-electron chi connectivity index (χ0n) is 8.13. The number of anilines is 1. The number of pyridine rings is 1. The van der Waals surface area contributed by atoms with E-state index in [2.05, 4.69) is 10.3 Å². The number of amides is 1. The van der Waals surface area contributed by atoms with Gasteiger partial charge in [-0.25, -0.2) is 0 Å². The summed E-state index contributed by atoms with van der Waals surface area (Å²) in [5.74, 6) is -1.81. The summed E-state index contributed by atoms with van der Waals surface area (Å²) in [4.78, 5) is 14.4. The lowest BCUT2D eigenvalue weighted by Gasteiger charge is -2.04. The lowest BCUT2D eigenvalue weighted by Crippen LogP contribution is -2.16. The van der Waals surface area contributed by atoms with Gasteiger partial charge >= 0.3 is 0 Å². The molecule has 1 fully saturated rings. The monoisotopic (exact) mass is 212 g/mol. The van der Waals surface area contributed by atoms with Crippen molar-refractivity contribution in [3.63, 3.8) is 0 Å². The highest BCUT2D eigenvalue weighted by molar-refractivity contribution is 5.94. The fraction of sp³-hybridized carbons (Fsp3) is 0.400. The van der Waals surface area contributed by atoms with E-state index in [9.17, 15) is 13.6 Å². The Morgan fingerprint density at radius 3 is 2.73 bits per heavy atom. The van der Waals surface area contributed by atoms with Crippen molar-refractivity contribution in [1.29, 1.82) is 0 Å². The number of halogens is 2. The Hall–Kier alpha value is -1.52. The fourth-order valence-electron chi connectivity index (χ4n) is 1.42. The Labute approximate surface area is 85.5 Å². The normalized spacial score (nSPS) is 23.7. The van der Waals surface area contributed by atoms with Gasteiger partial charge in [0.25, 0.3) is 0 Å². The van der Waals surface area contributed by atoms with Crippen LogP contribution < -0.4 is 5.32 Å². The summed E-state index contributed by atoms with van der Waals surface area (Å²) >= 11 is 0. The third kappa shape index (κ3) is 2.11. The summed E-state index contributed by atoms with van der Waals surface area (Å²) in [6, 6.07) is 2.18. The zero-order valence-corrected chi connectivity index (χ0v) is 8.13. The molecule has 0 bridgehead atoms. The highest BCUT2D eigenvalue weighted by Gasteiger charge is 2.39. The minimum absolute atomic E-state index is 0.0468.